The number of hydrogen-bond acceptors (Lipinski definition) is 1. The minimum atomic E-state index is 0.117. The molecular weight excluding hydrogens is 260 g/mol. The number of carbonyl (C=O) groups is 1. The van der Waals surface area contributed by atoms with Crippen LogP contribution in [0.2, 0.25) is 0 Å². The SMILES string of the molecule is CCc1c(C(=O)N2CC=CC2C(C)C)[nH]c2ccccc12. The van der Waals surface area contributed by atoms with Crippen molar-refractivity contribution in [3.05, 3.63) is 47.7 Å². The van der Waals surface area contributed by atoms with E-state index in [1.54, 1.807) is 0 Å². The Morgan fingerprint density at radius 1 is 1.38 bits per heavy atom. The van der Waals surface area contributed by atoms with Crippen molar-refractivity contribution in [3.63, 3.8) is 0 Å². The quantitative estimate of drug-likeness (QED) is 0.855. The number of nitrogens with zero attached hydrogens (tertiary/aromatic N) is 1. The zero-order valence-corrected chi connectivity index (χ0v) is 12.9. The van der Waals surface area contributed by atoms with Crippen LogP contribution in [0.15, 0.2) is 36.4 Å². The minimum Gasteiger partial charge on any atom is -0.350 e. The van der Waals surface area contributed by atoms with Crippen molar-refractivity contribution in [2.45, 2.75) is 33.2 Å². The van der Waals surface area contributed by atoms with Gasteiger partial charge in [0, 0.05) is 17.4 Å². The molecule has 3 heteroatoms. The summed E-state index contributed by atoms with van der Waals surface area (Å²) < 4.78 is 0. The lowest BCUT2D eigenvalue weighted by molar-refractivity contribution is 0.0714. The molecule has 1 unspecified atom stereocenters. The third-order valence-corrected chi connectivity index (χ3v) is 4.32. The van der Waals surface area contributed by atoms with Gasteiger partial charge in [0.15, 0.2) is 0 Å². The van der Waals surface area contributed by atoms with Crippen molar-refractivity contribution in [1.29, 1.82) is 0 Å². The largest absolute Gasteiger partial charge is 0.350 e. The van der Waals surface area contributed by atoms with Gasteiger partial charge in [0.25, 0.3) is 5.91 Å². The average Bonchev–Trinajstić information content (AvgIpc) is 3.10. The van der Waals surface area contributed by atoms with Crippen LogP contribution < -0.4 is 0 Å². The number of amides is 1. The number of aromatic amines is 1. The molecule has 0 spiro atoms. The van der Waals surface area contributed by atoms with Crippen molar-refractivity contribution >= 4 is 16.8 Å². The first-order valence-corrected chi connectivity index (χ1v) is 7.70. The summed E-state index contributed by atoms with van der Waals surface area (Å²) in [5.41, 5.74) is 2.93. The maximum absolute atomic E-state index is 13.0. The van der Waals surface area contributed by atoms with Crippen LogP contribution in [0.3, 0.4) is 0 Å². The van der Waals surface area contributed by atoms with E-state index in [1.165, 1.54) is 0 Å². The number of carbonyl (C=O) groups excluding carboxylic acids is 1. The van der Waals surface area contributed by atoms with E-state index in [2.05, 4.69) is 44.0 Å². The Morgan fingerprint density at radius 2 is 2.14 bits per heavy atom. The van der Waals surface area contributed by atoms with Crippen molar-refractivity contribution in [3.8, 4) is 0 Å². The fourth-order valence-electron chi connectivity index (χ4n) is 3.23. The van der Waals surface area contributed by atoms with Crippen LogP contribution in [-0.4, -0.2) is 28.4 Å². The normalized spacial score (nSPS) is 18.1. The number of nitrogens with one attached hydrogen (secondary N) is 1. The molecule has 0 bridgehead atoms. The van der Waals surface area contributed by atoms with Crippen molar-refractivity contribution in [2.24, 2.45) is 5.92 Å². The van der Waals surface area contributed by atoms with Crippen LogP contribution in [0.5, 0.6) is 0 Å². The number of rotatable bonds is 3. The topological polar surface area (TPSA) is 36.1 Å². The Hall–Kier alpha value is -2.03. The standard InChI is InChI=1S/C18H22N2O/c1-4-13-14-8-5-6-9-15(14)19-17(13)18(21)20-11-7-10-16(20)12(2)3/h5-10,12,16,19H,4,11H2,1-3H3. The number of para-hydroxylation sites is 1. The van der Waals surface area contributed by atoms with Gasteiger partial charge in [0.05, 0.1) is 6.04 Å². The molecule has 21 heavy (non-hydrogen) atoms. The number of aryl methyl sites for hydroxylation is 1. The van der Waals surface area contributed by atoms with Crippen LogP contribution in [-0.2, 0) is 6.42 Å². The highest BCUT2D eigenvalue weighted by Gasteiger charge is 2.30. The molecule has 2 aromatic rings. The molecule has 0 radical (unpaired) electrons. The molecule has 2 heterocycles. The zero-order chi connectivity index (χ0) is 15.0. The summed E-state index contributed by atoms with van der Waals surface area (Å²) in [6.07, 6.45) is 5.10. The summed E-state index contributed by atoms with van der Waals surface area (Å²) in [6.45, 7) is 7.13. The molecule has 1 N–H and O–H groups in total. The summed E-state index contributed by atoms with van der Waals surface area (Å²) in [7, 11) is 0. The van der Waals surface area contributed by atoms with Crippen LogP contribution in [0, 0.1) is 5.92 Å². The molecule has 1 aromatic carbocycles. The smallest absolute Gasteiger partial charge is 0.271 e. The lowest BCUT2D eigenvalue weighted by atomic mass is 10.0. The third kappa shape index (κ3) is 2.27. The number of aromatic nitrogens is 1. The molecule has 1 aliphatic rings. The van der Waals surface area contributed by atoms with Gasteiger partial charge in [-0.3, -0.25) is 4.79 Å². The molecule has 3 rings (SSSR count). The van der Waals surface area contributed by atoms with E-state index < -0.39 is 0 Å². The van der Waals surface area contributed by atoms with E-state index in [1.807, 2.05) is 23.1 Å². The first-order valence-electron chi connectivity index (χ1n) is 7.70. The van der Waals surface area contributed by atoms with E-state index in [-0.39, 0.29) is 11.9 Å². The van der Waals surface area contributed by atoms with Gasteiger partial charge < -0.3 is 9.88 Å². The highest BCUT2D eigenvalue weighted by Crippen LogP contribution is 2.27. The summed E-state index contributed by atoms with van der Waals surface area (Å²) in [6, 6.07) is 8.35. The molecule has 110 valence electrons. The average molecular weight is 282 g/mol. The Balaban J connectivity index is 2.02. The van der Waals surface area contributed by atoms with E-state index in [9.17, 15) is 4.79 Å². The molecule has 1 aromatic heterocycles. The maximum Gasteiger partial charge on any atom is 0.271 e. The molecule has 1 amide bonds. The monoisotopic (exact) mass is 282 g/mol. The molecule has 0 saturated carbocycles. The van der Waals surface area contributed by atoms with Gasteiger partial charge in [-0.05, 0) is 24.0 Å². The van der Waals surface area contributed by atoms with Gasteiger partial charge in [-0.2, -0.15) is 0 Å². The summed E-state index contributed by atoms with van der Waals surface area (Å²) >= 11 is 0. The predicted octanol–water partition coefficient (Wildman–Crippen LogP) is 3.77. The zero-order valence-electron chi connectivity index (χ0n) is 12.9. The molecule has 0 saturated heterocycles. The van der Waals surface area contributed by atoms with Crippen LogP contribution in [0.25, 0.3) is 10.9 Å². The lowest BCUT2D eigenvalue weighted by Crippen LogP contribution is -2.39. The summed E-state index contributed by atoms with van der Waals surface area (Å²) in [5.74, 6) is 0.550. The second-order valence-corrected chi connectivity index (χ2v) is 6.00. The Labute approximate surface area is 125 Å². The Bertz CT molecular complexity index is 696. The van der Waals surface area contributed by atoms with Gasteiger partial charge >= 0.3 is 0 Å². The fraction of sp³-hybridized carbons (Fsp3) is 0.389. The first-order chi connectivity index (χ1) is 10.1. The molecule has 3 nitrogen and oxygen atoms in total. The first kappa shape index (κ1) is 13.9. The minimum absolute atomic E-state index is 0.117. The fourth-order valence-corrected chi connectivity index (χ4v) is 3.23. The molecule has 1 atom stereocenters. The Kier molecular flexibility index (Phi) is 3.58. The molecule has 1 aliphatic heterocycles. The molecular formula is C18H22N2O. The second kappa shape index (κ2) is 5.40. The van der Waals surface area contributed by atoms with Gasteiger partial charge in [-0.15, -0.1) is 0 Å². The van der Waals surface area contributed by atoms with Gasteiger partial charge in [-0.25, -0.2) is 0 Å². The second-order valence-electron chi connectivity index (χ2n) is 6.00. The van der Waals surface area contributed by atoms with Gasteiger partial charge in [0.2, 0.25) is 0 Å². The molecule has 0 aliphatic carbocycles. The van der Waals surface area contributed by atoms with Crippen LogP contribution in [0.1, 0.15) is 36.8 Å². The van der Waals surface area contributed by atoms with Crippen molar-refractivity contribution < 1.29 is 4.79 Å². The summed E-state index contributed by atoms with van der Waals surface area (Å²) in [4.78, 5) is 18.3. The van der Waals surface area contributed by atoms with Gasteiger partial charge in [0.1, 0.15) is 5.69 Å². The number of H-pyrrole nitrogens is 1. The summed E-state index contributed by atoms with van der Waals surface area (Å²) in [5, 5.41) is 1.16. The molecule has 0 fully saturated rings. The van der Waals surface area contributed by atoms with Crippen LogP contribution >= 0.6 is 0 Å². The van der Waals surface area contributed by atoms with E-state index in [4.69, 9.17) is 0 Å². The van der Waals surface area contributed by atoms with Crippen molar-refractivity contribution in [1.82, 2.24) is 9.88 Å². The maximum atomic E-state index is 13.0. The highest BCUT2D eigenvalue weighted by atomic mass is 16.2. The van der Waals surface area contributed by atoms with Gasteiger partial charge in [-0.1, -0.05) is 51.1 Å². The number of hydrogen-bond donors (Lipinski definition) is 1. The number of benzene rings is 1. The highest BCUT2D eigenvalue weighted by molar-refractivity contribution is 6.01. The van der Waals surface area contributed by atoms with E-state index >= 15 is 0 Å². The van der Waals surface area contributed by atoms with Crippen molar-refractivity contribution in [2.75, 3.05) is 6.54 Å². The van der Waals surface area contributed by atoms with E-state index in [0.29, 0.717) is 12.5 Å². The Morgan fingerprint density at radius 3 is 2.86 bits per heavy atom. The predicted molar refractivity (Wildman–Crippen MR) is 86.5 cm³/mol. The third-order valence-electron chi connectivity index (χ3n) is 4.32. The van der Waals surface area contributed by atoms with Crippen LogP contribution in [0.4, 0.5) is 0 Å². The number of fused-ring (bicyclic) bond motifs is 1. The lowest BCUT2D eigenvalue weighted by Gasteiger charge is -2.27. The van der Waals surface area contributed by atoms with E-state index in [0.717, 1.165) is 28.6 Å².